The van der Waals surface area contributed by atoms with Crippen LogP contribution in [0.4, 0.5) is 0 Å². The van der Waals surface area contributed by atoms with Crippen molar-refractivity contribution >= 4 is 21.7 Å². The molecule has 2 heterocycles. The third-order valence-electron chi connectivity index (χ3n) is 3.87. The Morgan fingerprint density at radius 1 is 1.26 bits per heavy atom. The summed E-state index contributed by atoms with van der Waals surface area (Å²) >= 11 is 3.51. The van der Waals surface area contributed by atoms with Gasteiger partial charge in [0.2, 0.25) is 0 Å². The van der Waals surface area contributed by atoms with E-state index in [1.807, 2.05) is 6.07 Å². The van der Waals surface area contributed by atoms with Gasteiger partial charge in [-0.15, -0.1) is 0 Å². The maximum atomic E-state index is 12.4. The van der Waals surface area contributed by atoms with Gasteiger partial charge in [-0.2, -0.15) is 0 Å². The highest BCUT2D eigenvalue weighted by Crippen LogP contribution is 2.34. The van der Waals surface area contributed by atoms with E-state index in [9.17, 15) is 4.79 Å². The van der Waals surface area contributed by atoms with Gasteiger partial charge in [-0.25, -0.2) is 0 Å². The highest BCUT2D eigenvalue weighted by atomic mass is 79.9. The van der Waals surface area contributed by atoms with Crippen molar-refractivity contribution < 1.29 is 14.3 Å². The Bertz CT molecular complexity index is 492. The number of fused-ring (bicyclic) bond motifs is 1. The molecule has 1 fully saturated rings. The molecule has 4 heteroatoms. The van der Waals surface area contributed by atoms with Gasteiger partial charge in [0.05, 0.1) is 6.61 Å². The van der Waals surface area contributed by atoms with Crippen molar-refractivity contribution in [1.29, 1.82) is 0 Å². The molecule has 3 nitrogen and oxygen atoms in total. The van der Waals surface area contributed by atoms with Crippen LogP contribution in [0.2, 0.25) is 0 Å². The van der Waals surface area contributed by atoms with E-state index in [-0.39, 0.29) is 5.92 Å². The van der Waals surface area contributed by atoms with Gasteiger partial charge in [-0.1, -0.05) is 15.9 Å². The fourth-order valence-electron chi connectivity index (χ4n) is 2.83. The highest BCUT2D eigenvalue weighted by Gasteiger charge is 2.24. The quantitative estimate of drug-likeness (QED) is 0.857. The largest absolute Gasteiger partial charge is 0.493 e. The number of halogens is 1. The molecule has 0 spiro atoms. The number of Topliss-reactive ketones (excluding diaryl/α,β-unsaturated/α-hetero) is 1. The summed E-state index contributed by atoms with van der Waals surface area (Å²) in [7, 11) is 0. The number of ether oxygens (including phenoxy) is 2. The Balaban J connectivity index is 1.77. The molecule has 0 amide bonds. The summed E-state index contributed by atoms with van der Waals surface area (Å²) in [6.07, 6.45) is 3.13. The molecule has 0 aromatic heterocycles. The van der Waals surface area contributed by atoms with Gasteiger partial charge in [0.25, 0.3) is 0 Å². The summed E-state index contributed by atoms with van der Waals surface area (Å²) in [5.74, 6) is 1.41. The Hall–Kier alpha value is -0.870. The van der Waals surface area contributed by atoms with Gasteiger partial charge in [-0.3, -0.25) is 4.79 Å². The average Bonchev–Trinajstić information content (AvgIpc) is 2.88. The van der Waals surface area contributed by atoms with Crippen LogP contribution in [0.1, 0.15) is 24.0 Å². The lowest BCUT2D eigenvalue weighted by molar-refractivity contribution is -0.125. The predicted octanol–water partition coefficient (Wildman–Crippen LogP) is 2.92. The van der Waals surface area contributed by atoms with E-state index >= 15 is 0 Å². The van der Waals surface area contributed by atoms with Gasteiger partial charge in [0.15, 0.2) is 0 Å². The normalized spacial score (nSPS) is 19.0. The highest BCUT2D eigenvalue weighted by molar-refractivity contribution is 9.10. The van der Waals surface area contributed by atoms with Crippen molar-refractivity contribution in [2.75, 3.05) is 19.8 Å². The van der Waals surface area contributed by atoms with Crippen molar-refractivity contribution in [1.82, 2.24) is 0 Å². The summed E-state index contributed by atoms with van der Waals surface area (Å²) in [5, 5.41) is 0. The lowest BCUT2D eigenvalue weighted by atomic mass is 9.91. The van der Waals surface area contributed by atoms with E-state index in [2.05, 4.69) is 22.0 Å². The standard InChI is InChI=1S/C15H17BrO3/c16-13-7-11-3-6-19-15(11)12(8-13)9-14(17)10-1-4-18-5-2-10/h7-8,10H,1-6,9H2. The van der Waals surface area contributed by atoms with Gasteiger partial charge >= 0.3 is 0 Å². The van der Waals surface area contributed by atoms with Crippen LogP contribution >= 0.6 is 15.9 Å². The van der Waals surface area contributed by atoms with E-state index in [4.69, 9.17) is 9.47 Å². The summed E-state index contributed by atoms with van der Waals surface area (Å²) < 4.78 is 12.0. The zero-order chi connectivity index (χ0) is 13.2. The Kier molecular flexibility index (Phi) is 3.89. The Morgan fingerprint density at radius 2 is 2.05 bits per heavy atom. The average molecular weight is 325 g/mol. The molecule has 0 aliphatic carbocycles. The first-order valence-corrected chi connectivity index (χ1v) is 7.58. The van der Waals surface area contributed by atoms with Gasteiger partial charge in [0, 0.05) is 42.0 Å². The zero-order valence-electron chi connectivity index (χ0n) is 10.8. The number of ketones is 1. The first kappa shape index (κ1) is 13.1. The molecule has 1 aromatic rings. The lowest BCUT2D eigenvalue weighted by Gasteiger charge is -2.21. The minimum absolute atomic E-state index is 0.157. The molecule has 0 bridgehead atoms. The summed E-state index contributed by atoms with van der Waals surface area (Å²) in [4.78, 5) is 12.4. The maximum Gasteiger partial charge on any atom is 0.140 e. The SMILES string of the molecule is O=C(Cc1cc(Br)cc2c1OCC2)C1CCOCC1. The third kappa shape index (κ3) is 2.84. The molecule has 0 N–H and O–H groups in total. The summed E-state index contributed by atoms with van der Waals surface area (Å²) in [5.41, 5.74) is 2.24. The molecule has 2 aliphatic rings. The van der Waals surface area contributed by atoms with Gasteiger partial charge in [-0.05, 0) is 30.5 Å². The van der Waals surface area contributed by atoms with Gasteiger partial charge in [0.1, 0.15) is 11.5 Å². The topological polar surface area (TPSA) is 35.5 Å². The molecule has 2 aliphatic heterocycles. The number of rotatable bonds is 3. The number of carbonyl (C=O) groups excluding carboxylic acids is 1. The van der Waals surface area contributed by atoms with E-state index in [1.165, 1.54) is 5.56 Å². The monoisotopic (exact) mass is 324 g/mol. The van der Waals surface area contributed by atoms with Crippen molar-refractivity contribution in [3.63, 3.8) is 0 Å². The van der Waals surface area contributed by atoms with Crippen LogP contribution < -0.4 is 4.74 Å². The first-order chi connectivity index (χ1) is 9.24. The molecular formula is C15H17BrO3. The Morgan fingerprint density at radius 3 is 2.84 bits per heavy atom. The minimum Gasteiger partial charge on any atom is -0.493 e. The second kappa shape index (κ2) is 5.63. The van der Waals surface area contributed by atoms with Crippen LogP contribution in [-0.2, 0) is 22.4 Å². The Labute approximate surface area is 121 Å². The molecule has 19 heavy (non-hydrogen) atoms. The van der Waals surface area contributed by atoms with Crippen LogP contribution in [0, 0.1) is 5.92 Å². The van der Waals surface area contributed by atoms with E-state index in [0.717, 1.165) is 41.7 Å². The van der Waals surface area contributed by atoms with E-state index < -0.39 is 0 Å². The molecule has 0 atom stereocenters. The fourth-order valence-corrected chi connectivity index (χ4v) is 3.38. The van der Waals surface area contributed by atoms with Crippen molar-refractivity contribution in [3.05, 3.63) is 27.7 Å². The minimum atomic E-state index is 0.157. The second-order valence-electron chi connectivity index (χ2n) is 5.18. The molecular weight excluding hydrogens is 308 g/mol. The number of hydrogen-bond donors (Lipinski definition) is 0. The first-order valence-electron chi connectivity index (χ1n) is 6.78. The van der Waals surface area contributed by atoms with Crippen molar-refractivity contribution in [2.45, 2.75) is 25.7 Å². The van der Waals surface area contributed by atoms with Crippen LogP contribution in [0.5, 0.6) is 5.75 Å². The van der Waals surface area contributed by atoms with Crippen LogP contribution in [0.25, 0.3) is 0 Å². The molecule has 0 radical (unpaired) electrons. The van der Waals surface area contributed by atoms with E-state index in [1.54, 1.807) is 0 Å². The molecule has 0 saturated carbocycles. The molecule has 1 saturated heterocycles. The molecule has 3 rings (SSSR count). The van der Waals surface area contributed by atoms with Crippen molar-refractivity contribution in [2.24, 2.45) is 5.92 Å². The smallest absolute Gasteiger partial charge is 0.140 e. The molecule has 102 valence electrons. The van der Waals surface area contributed by atoms with E-state index in [0.29, 0.717) is 25.4 Å². The number of hydrogen-bond acceptors (Lipinski definition) is 3. The van der Waals surface area contributed by atoms with Crippen LogP contribution in [-0.4, -0.2) is 25.6 Å². The summed E-state index contributed by atoms with van der Waals surface area (Å²) in [6.45, 7) is 2.15. The maximum absolute atomic E-state index is 12.4. The van der Waals surface area contributed by atoms with Crippen LogP contribution in [0.3, 0.4) is 0 Å². The third-order valence-corrected chi connectivity index (χ3v) is 4.32. The summed E-state index contributed by atoms with van der Waals surface area (Å²) in [6, 6.07) is 4.10. The molecule has 1 aromatic carbocycles. The zero-order valence-corrected chi connectivity index (χ0v) is 12.4. The van der Waals surface area contributed by atoms with Crippen LogP contribution in [0.15, 0.2) is 16.6 Å². The van der Waals surface area contributed by atoms with Crippen molar-refractivity contribution in [3.8, 4) is 5.75 Å². The van der Waals surface area contributed by atoms with Gasteiger partial charge < -0.3 is 9.47 Å². The number of carbonyl (C=O) groups is 1. The fraction of sp³-hybridized carbons (Fsp3) is 0.533. The lowest BCUT2D eigenvalue weighted by Crippen LogP contribution is -2.24. The second-order valence-corrected chi connectivity index (χ2v) is 6.10. The molecule has 0 unspecified atom stereocenters. The predicted molar refractivity (Wildman–Crippen MR) is 75.6 cm³/mol. The number of benzene rings is 1.